The maximum atomic E-state index is 15.8. The summed E-state index contributed by atoms with van der Waals surface area (Å²) in [5.74, 6) is -6.76. The highest BCUT2D eigenvalue weighted by Crippen LogP contribution is 2.54. The molecule has 0 spiro atoms. The first-order chi connectivity index (χ1) is 21.3. The molecule has 0 bridgehead atoms. The number of benzene rings is 3. The molecular weight excluding hydrogens is 717 g/mol. The predicted molar refractivity (Wildman–Crippen MR) is 140 cm³/mol. The molecule has 4 rings (SSSR count). The third-order valence-electron chi connectivity index (χ3n) is 6.58. The van der Waals surface area contributed by atoms with Crippen LogP contribution in [0.4, 0.5) is 59.7 Å². The second kappa shape index (κ2) is 12.5. The number of nitrogens with one attached hydrogen (secondary N) is 1. The molecule has 3 aromatic rings. The molecular formula is C28H16BrF11N2O4. The molecule has 2 amide bonds. The highest BCUT2D eigenvalue weighted by molar-refractivity contribution is 9.10. The van der Waals surface area contributed by atoms with E-state index in [1.54, 1.807) is 5.32 Å². The monoisotopic (exact) mass is 732 g/mol. The quantitative estimate of drug-likeness (QED) is 0.195. The van der Waals surface area contributed by atoms with Crippen molar-refractivity contribution in [2.45, 2.75) is 37.3 Å². The average Bonchev–Trinajstić information content (AvgIpc) is 3.81. The molecule has 0 unspecified atom stereocenters. The molecule has 1 saturated carbocycles. The number of hydrogen-bond donors (Lipinski definition) is 1. The van der Waals surface area contributed by atoms with Crippen LogP contribution >= 0.6 is 15.9 Å². The van der Waals surface area contributed by atoms with E-state index in [4.69, 9.17) is 4.84 Å². The fourth-order valence-corrected chi connectivity index (χ4v) is 4.62. The third-order valence-corrected chi connectivity index (χ3v) is 7.21. The number of rotatable bonds is 7. The van der Waals surface area contributed by atoms with Gasteiger partial charge < -0.3 is 10.2 Å². The standard InChI is InChI=1S/C28H16BrF11N2O4/c29-18-11-14(26(34,27(35,36)37)28(38,39)40)10-17(22(32)33)21(18)41-23(43)16-2-1-3-19(20(16)31)42(46-25(45)13-4-5-13)24(44)12-6-8-15(30)9-7-12/h1-3,6-11,13,22H,4-5H2,(H,41,43). The van der Waals surface area contributed by atoms with Gasteiger partial charge >= 0.3 is 24.0 Å². The Morgan fingerprint density at radius 2 is 1.48 bits per heavy atom. The zero-order valence-electron chi connectivity index (χ0n) is 22.4. The number of hydroxylamine groups is 1. The van der Waals surface area contributed by atoms with E-state index in [1.165, 1.54) is 0 Å². The van der Waals surface area contributed by atoms with E-state index in [9.17, 15) is 58.3 Å². The van der Waals surface area contributed by atoms with Crippen molar-refractivity contribution in [1.82, 2.24) is 0 Å². The van der Waals surface area contributed by atoms with Crippen molar-refractivity contribution in [3.05, 3.63) is 93.0 Å². The lowest BCUT2D eigenvalue weighted by molar-refractivity contribution is -0.348. The van der Waals surface area contributed by atoms with Crippen LogP contribution in [0.25, 0.3) is 0 Å². The minimum Gasteiger partial charge on any atom is -0.332 e. The van der Waals surface area contributed by atoms with Gasteiger partial charge in [-0.25, -0.2) is 26.7 Å². The Labute approximate surface area is 259 Å². The van der Waals surface area contributed by atoms with E-state index in [0.717, 1.165) is 42.5 Å². The molecule has 1 fully saturated rings. The van der Waals surface area contributed by atoms with Crippen molar-refractivity contribution < 1.29 is 67.5 Å². The largest absolute Gasteiger partial charge is 0.435 e. The van der Waals surface area contributed by atoms with E-state index in [1.807, 2.05) is 0 Å². The smallest absolute Gasteiger partial charge is 0.332 e. The van der Waals surface area contributed by atoms with Crippen LogP contribution in [0, 0.1) is 17.6 Å². The van der Waals surface area contributed by atoms with Gasteiger partial charge in [-0.3, -0.25) is 9.59 Å². The lowest BCUT2D eigenvalue weighted by atomic mass is 9.92. The number of nitrogens with zero attached hydrogens (tertiary/aromatic N) is 1. The Kier molecular flexibility index (Phi) is 9.43. The molecule has 18 heteroatoms. The van der Waals surface area contributed by atoms with E-state index >= 15 is 4.39 Å². The topological polar surface area (TPSA) is 75.7 Å². The normalized spacial score (nSPS) is 13.8. The Bertz CT molecular complexity index is 1660. The van der Waals surface area contributed by atoms with Crippen molar-refractivity contribution in [2.75, 3.05) is 10.4 Å². The van der Waals surface area contributed by atoms with Gasteiger partial charge in [-0.05, 0) is 77.3 Å². The molecule has 1 N–H and O–H groups in total. The molecule has 0 aromatic heterocycles. The molecule has 246 valence electrons. The molecule has 0 saturated heterocycles. The van der Waals surface area contributed by atoms with Gasteiger partial charge in [-0.15, -0.1) is 5.06 Å². The summed E-state index contributed by atoms with van der Waals surface area (Å²) >= 11 is 2.47. The Balaban J connectivity index is 1.75. The van der Waals surface area contributed by atoms with Crippen LogP contribution in [-0.2, 0) is 15.3 Å². The van der Waals surface area contributed by atoms with Gasteiger partial charge in [0, 0.05) is 21.2 Å². The van der Waals surface area contributed by atoms with E-state index < -0.39 is 98.4 Å². The first-order valence-electron chi connectivity index (χ1n) is 12.6. The van der Waals surface area contributed by atoms with Crippen LogP contribution in [0.2, 0.25) is 0 Å². The molecule has 0 radical (unpaired) electrons. The second-order valence-electron chi connectivity index (χ2n) is 9.76. The number of anilines is 2. The zero-order valence-corrected chi connectivity index (χ0v) is 24.0. The van der Waals surface area contributed by atoms with Crippen LogP contribution in [-0.4, -0.2) is 30.1 Å². The van der Waals surface area contributed by atoms with E-state index in [-0.39, 0.29) is 16.7 Å². The fraction of sp³-hybridized carbons (Fsp3) is 0.250. The predicted octanol–water partition coefficient (Wildman–Crippen LogP) is 8.72. The van der Waals surface area contributed by atoms with Crippen LogP contribution < -0.4 is 10.4 Å². The number of amides is 2. The fourth-order valence-electron chi connectivity index (χ4n) is 4.05. The van der Waals surface area contributed by atoms with Gasteiger partial charge in [0.2, 0.25) is 0 Å². The third kappa shape index (κ3) is 6.66. The molecule has 0 aliphatic heterocycles. The van der Waals surface area contributed by atoms with Crippen LogP contribution in [0.1, 0.15) is 51.1 Å². The number of alkyl halides is 9. The summed E-state index contributed by atoms with van der Waals surface area (Å²) in [7, 11) is 0. The zero-order chi connectivity index (χ0) is 34.4. The van der Waals surface area contributed by atoms with E-state index in [2.05, 4.69) is 15.9 Å². The van der Waals surface area contributed by atoms with Gasteiger partial charge in [-0.2, -0.15) is 26.3 Å². The minimum atomic E-state index is -6.64. The number of hydrogen-bond acceptors (Lipinski definition) is 4. The lowest BCUT2D eigenvalue weighted by Crippen LogP contribution is -2.50. The van der Waals surface area contributed by atoms with Crippen molar-refractivity contribution in [3.63, 3.8) is 0 Å². The highest BCUT2D eigenvalue weighted by Gasteiger charge is 2.73. The first kappa shape index (κ1) is 34.6. The first-order valence-corrected chi connectivity index (χ1v) is 13.4. The summed E-state index contributed by atoms with van der Waals surface area (Å²) in [6, 6.07) is 5.69. The Morgan fingerprint density at radius 1 is 0.891 bits per heavy atom. The average molecular weight is 733 g/mol. The Hall–Kier alpha value is -4.22. The molecule has 1 aliphatic carbocycles. The molecule has 46 heavy (non-hydrogen) atoms. The van der Waals surface area contributed by atoms with Gasteiger partial charge in [0.25, 0.3) is 18.2 Å². The van der Waals surface area contributed by atoms with E-state index in [0.29, 0.717) is 12.8 Å². The van der Waals surface area contributed by atoms with Crippen LogP contribution in [0.5, 0.6) is 0 Å². The van der Waals surface area contributed by atoms with Crippen molar-refractivity contribution in [2.24, 2.45) is 5.92 Å². The molecule has 6 nitrogen and oxygen atoms in total. The summed E-state index contributed by atoms with van der Waals surface area (Å²) in [4.78, 5) is 43.7. The highest BCUT2D eigenvalue weighted by atomic mass is 79.9. The summed E-state index contributed by atoms with van der Waals surface area (Å²) < 4.78 is 150. The summed E-state index contributed by atoms with van der Waals surface area (Å²) in [5.41, 5.74) is -13.4. The summed E-state index contributed by atoms with van der Waals surface area (Å²) in [5, 5.41) is 1.90. The summed E-state index contributed by atoms with van der Waals surface area (Å²) in [6.45, 7) is 0. The second-order valence-corrected chi connectivity index (χ2v) is 10.6. The Morgan fingerprint density at radius 3 is 2.00 bits per heavy atom. The molecule has 0 atom stereocenters. The SMILES string of the molecule is O=C(Nc1c(Br)cc(C(F)(C(F)(F)F)C(F)(F)F)cc1C(F)F)c1cccc(N(OC(=O)C2CC2)C(=O)c2ccc(F)cc2)c1F. The molecule has 3 aromatic carbocycles. The van der Waals surface area contributed by atoms with Crippen molar-refractivity contribution >= 4 is 45.1 Å². The summed E-state index contributed by atoms with van der Waals surface area (Å²) in [6.07, 6.45) is -16.4. The number of carbonyl (C=O) groups is 3. The maximum Gasteiger partial charge on any atom is 0.435 e. The van der Waals surface area contributed by atoms with Gasteiger partial charge in [0.1, 0.15) is 11.5 Å². The molecule has 0 heterocycles. The van der Waals surface area contributed by atoms with Gasteiger partial charge in [0.05, 0.1) is 17.2 Å². The number of carbonyl (C=O) groups excluding carboxylic acids is 3. The minimum absolute atomic E-state index is 0.129. The van der Waals surface area contributed by atoms with Crippen LogP contribution in [0.3, 0.4) is 0 Å². The number of halogens is 12. The van der Waals surface area contributed by atoms with Gasteiger partial charge in [-0.1, -0.05) is 6.07 Å². The van der Waals surface area contributed by atoms with Crippen molar-refractivity contribution in [1.29, 1.82) is 0 Å². The molecule has 1 aliphatic rings. The maximum absolute atomic E-state index is 15.8. The van der Waals surface area contributed by atoms with Gasteiger partial charge in [0.15, 0.2) is 5.82 Å². The van der Waals surface area contributed by atoms with Crippen molar-refractivity contribution in [3.8, 4) is 0 Å². The lowest BCUT2D eigenvalue weighted by Gasteiger charge is -2.31. The van der Waals surface area contributed by atoms with Crippen LogP contribution in [0.15, 0.2) is 59.1 Å².